The molecule has 42 valence electrons. The number of thioether (sulfide) groups is 1. The number of hydrogen-bond donors (Lipinski definition) is 0. The van der Waals surface area contributed by atoms with Gasteiger partial charge in [0, 0.05) is 12.2 Å². The van der Waals surface area contributed by atoms with E-state index in [2.05, 4.69) is 0 Å². The smallest absolute Gasteiger partial charge is 0.186 e. The Balaban J connectivity index is 3.13. The van der Waals surface area contributed by atoms with E-state index in [-0.39, 0.29) is 5.12 Å². The van der Waals surface area contributed by atoms with Crippen LogP contribution in [-0.2, 0) is 4.79 Å². The molecule has 0 aromatic carbocycles. The van der Waals surface area contributed by atoms with Crippen LogP contribution in [0.15, 0.2) is 0 Å². The van der Waals surface area contributed by atoms with E-state index in [0.29, 0.717) is 5.25 Å². The molecule has 0 heterocycles. The van der Waals surface area contributed by atoms with Crippen LogP contribution in [0.1, 0.15) is 20.8 Å². The average molecular weight is 118 g/mol. The van der Waals surface area contributed by atoms with E-state index >= 15 is 0 Å². The van der Waals surface area contributed by atoms with Crippen LogP contribution in [0.25, 0.3) is 0 Å². The lowest BCUT2D eigenvalue weighted by Gasteiger charge is -1.95. The fraction of sp³-hybridized carbons (Fsp3) is 0.800. The Bertz CT molecular complexity index is 68.5. The van der Waals surface area contributed by atoms with Crippen LogP contribution in [0, 0.1) is 0 Å². The van der Waals surface area contributed by atoms with E-state index in [1.165, 1.54) is 11.8 Å². The molecule has 0 radical (unpaired) electrons. The lowest BCUT2D eigenvalue weighted by Crippen LogP contribution is -1.90. The molecular formula is C5H10OS. The number of carbonyl (C=O) groups excluding carboxylic acids is 1. The maximum atomic E-state index is 10.2. The van der Waals surface area contributed by atoms with E-state index in [4.69, 9.17) is 0 Å². The monoisotopic (exact) mass is 118 g/mol. The number of carbonyl (C=O) groups is 1. The van der Waals surface area contributed by atoms with E-state index in [9.17, 15) is 4.79 Å². The highest BCUT2D eigenvalue weighted by Gasteiger charge is 1.95. The second-order valence-electron chi connectivity index (χ2n) is 1.66. The summed E-state index contributed by atoms with van der Waals surface area (Å²) < 4.78 is 0. The van der Waals surface area contributed by atoms with E-state index in [0.717, 1.165) is 0 Å². The molecule has 2 heteroatoms. The van der Waals surface area contributed by atoms with Crippen LogP contribution in [-0.4, -0.2) is 10.4 Å². The Morgan fingerprint density at radius 1 is 1.57 bits per heavy atom. The zero-order valence-electron chi connectivity index (χ0n) is 4.89. The van der Waals surface area contributed by atoms with Gasteiger partial charge >= 0.3 is 0 Å². The topological polar surface area (TPSA) is 17.1 Å². The van der Waals surface area contributed by atoms with Gasteiger partial charge in [-0.25, -0.2) is 0 Å². The van der Waals surface area contributed by atoms with Gasteiger partial charge in [0.1, 0.15) is 0 Å². The quantitative estimate of drug-likeness (QED) is 0.521. The van der Waals surface area contributed by atoms with Gasteiger partial charge < -0.3 is 0 Å². The van der Waals surface area contributed by atoms with Crippen LogP contribution in [0.2, 0.25) is 0 Å². The maximum Gasteiger partial charge on any atom is 0.186 e. The van der Waals surface area contributed by atoms with Gasteiger partial charge in [-0.2, -0.15) is 0 Å². The largest absolute Gasteiger partial charge is 0.288 e. The fourth-order valence-corrected chi connectivity index (χ4v) is 0.996. The summed E-state index contributed by atoms with van der Waals surface area (Å²) in [5.74, 6) is 0. The summed E-state index contributed by atoms with van der Waals surface area (Å²) in [6, 6.07) is 0. The number of hydrogen-bond acceptors (Lipinski definition) is 2. The standard InChI is InChI=1S/C5H10OS/c1-4(2)7-5(3)6/h4H,1-3H3. The predicted molar refractivity (Wildman–Crippen MR) is 33.4 cm³/mol. The molecule has 1 nitrogen and oxygen atoms in total. The Morgan fingerprint density at radius 2 is 2.00 bits per heavy atom. The zero-order chi connectivity index (χ0) is 5.86. The van der Waals surface area contributed by atoms with Gasteiger partial charge in [0.2, 0.25) is 0 Å². The molecule has 0 aliphatic carbocycles. The summed E-state index contributed by atoms with van der Waals surface area (Å²) >= 11 is 1.37. The van der Waals surface area contributed by atoms with Crippen molar-refractivity contribution in [3.8, 4) is 0 Å². The Kier molecular flexibility index (Phi) is 3.09. The van der Waals surface area contributed by atoms with Crippen LogP contribution in [0.4, 0.5) is 0 Å². The molecule has 0 saturated heterocycles. The highest BCUT2D eigenvalue weighted by Crippen LogP contribution is 2.08. The SMILES string of the molecule is CC(=O)SC(C)C. The third-order valence-corrected chi connectivity index (χ3v) is 1.20. The first-order valence-corrected chi connectivity index (χ1v) is 3.18. The third kappa shape index (κ3) is 6.02. The van der Waals surface area contributed by atoms with Crippen LogP contribution in [0.3, 0.4) is 0 Å². The van der Waals surface area contributed by atoms with Crippen molar-refractivity contribution >= 4 is 16.9 Å². The minimum atomic E-state index is 0.204. The molecule has 0 rings (SSSR count). The summed E-state index contributed by atoms with van der Waals surface area (Å²) in [7, 11) is 0. The Morgan fingerprint density at radius 3 is 2.00 bits per heavy atom. The molecule has 0 aromatic heterocycles. The van der Waals surface area contributed by atoms with Gasteiger partial charge in [0.15, 0.2) is 5.12 Å². The second kappa shape index (κ2) is 3.08. The van der Waals surface area contributed by atoms with Gasteiger partial charge in [0.05, 0.1) is 0 Å². The molecule has 0 amide bonds. The van der Waals surface area contributed by atoms with Crippen LogP contribution in [0.5, 0.6) is 0 Å². The average Bonchev–Trinajstić information content (AvgIpc) is 1.27. The third-order valence-electron chi connectivity index (χ3n) is 0.402. The van der Waals surface area contributed by atoms with Crippen LogP contribution >= 0.6 is 11.8 Å². The summed E-state index contributed by atoms with van der Waals surface area (Å²) in [4.78, 5) is 10.2. The molecule has 0 fully saturated rings. The first-order chi connectivity index (χ1) is 3.13. The molecule has 0 N–H and O–H groups in total. The molecule has 0 unspecified atom stereocenters. The van der Waals surface area contributed by atoms with E-state index in [1.807, 2.05) is 13.8 Å². The molecule has 0 aromatic rings. The summed E-state index contributed by atoms with van der Waals surface area (Å²) in [5.41, 5.74) is 0. The molecule has 0 spiro atoms. The van der Waals surface area contributed by atoms with Gasteiger partial charge in [-0.15, -0.1) is 0 Å². The molecule has 0 atom stereocenters. The summed E-state index contributed by atoms with van der Waals surface area (Å²) in [6.45, 7) is 5.60. The fourth-order valence-electron chi connectivity index (χ4n) is 0.332. The van der Waals surface area contributed by atoms with Gasteiger partial charge in [0.25, 0.3) is 0 Å². The van der Waals surface area contributed by atoms with Crippen molar-refractivity contribution in [3.63, 3.8) is 0 Å². The van der Waals surface area contributed by atoms with Crippen molar-refractivity contribution in [3.05, 3.63) is 0 Å². The highest BCUT2D eigenvalue weighted by atomic mass is 32.2. The molecule has 0 aliphatic heterocycles. The second-order valence-corrected chi connectivity index (χ2v) is 3.41. The lowest BCUT2D eigenvalue weighted by molar-refractivity contribution is -0.109. The molecule has 0 saturated carbocycles. The highest BCUT2D eigenvalue weighted by molar-refractivity contribution is 8.14. The minimum Gasteiger partial charge on any atom is -0.288 e. The lowest BCUT2D eigenvalue weighted by atomic mass is 10.6. The van der Waals surface area contributed by atoms with E-state index in [1.54, 1.807) is 6.92 Å². The zero-order valence-corrected chi connectivity index (χ0v) is 5.71. The molecule has 0 aliphatic rings. The van der Waals surface area contributed by atoms with Crippen molar-refractivity contribution in [1.29, 1.82) is 0 Å². The number of rotatable bonds is 1. The first-order valence-electron chi connectivity index (χ1n) is 2.30. The Hall–Kier alpha value is 0.0200. The van der Waals surface area contributed by atoms with Crippen molar-refractivity contribution in [2.75, 3.05) is 0 Å². The summed E-state index contributed by atoms with van der Waals surface area (Å²) in [6.07, 6.45) is 0. The van der Waals surface area contributed by atoms with Crippen LogP contribution < -0.4 is 0 Å². The predicted octanol–water partition coefficient (Wildman–Crippen LogP) is 1.67. The van der Waals surface area contributed by atoms with Gasteiger partial charge in [-0.1, -0.05) is 25.6 Å². The van der Waals surface area contributed by atoms with E-state index < -0.39 is 0 Å². The Labute approximate surface area is 48.5 Å². The van der Waals surface area contributed by atoms with Crippen molar-refractivity contribution in [1.82, 2.24) is 0 Å². The van der Waals surface area contributed by atoms with Crippen molar-refractivity contribution in [2.45, 2.75) is 26.0 Å². The summed E-state index contributed by atoms with van der Waals surface area (Å²) in [5, 5.41) is 0.646. The van der Waals surface area contributed by atoms with Crippen molar-refractivity contribution < 1.29 is 4.79 Å². The normalized spacial score (nSPS) is 9.71. The minimum absolute atomic E-state index is 0.204. The molecule has 0 bridgehead atoms. The van der Waals surface area contributed by atoms with Gasteiger partial charge in [-0.05, 0) is 0 Å². The molecule has 7 heavy (non-hydrogen) atoms. The van der Waals surface area contributed by atoms with Gasteiger partial charge in [-0.3, -0.25) is 4.79 Å². The maximum absolute atomic E-state index is 10.2. The van der Waals surface area contributed by atoms with Crippen molar-refractivity contribution in [2.24, 2.45) is 0 Å². The molecular weight excluding hydrogens is 108 g/mol. The first kappa shape index (κ1) is 7.02.